The third-order valence-corrected chi connectivity index (χ3v) is 16.5. The van der Waals surface area contributed by atoms with E-state index in [-0.39, 0.29) is 63.1 Å². The van der Waals surface area contributed by atoms with Gasteiger partial charge in [-0.05, 0) is 112 Å². The molecule has 5 aliphatic rings. The first-order chi connectivity index (χ1) is 42.3. The zero-order valence-electron chi connectivity index (χ0n) is 49.4. The summed E-state index contributed by atoms with van der Waals surface area (Å²) in [4.78, 5) is 56.2. The number of unbranched alkanes of at least 4 members (excludes halogenated alkanes) is 1. The van der Waals surface area contributed by atoms with Gasteiger partial charge in [0.15, 0.2) is 11.5 Å². The van der Waals surface area contributed by atoms with Crippen LogP contribution in [-0.4, -0.2) is 113 Å². The molecule has 0 N–H and O–H groups in total. The summed E-state index contributed by atoms with van der Waals surface area (Å²) in [6, 6.07) is 45.1. The Hall–Kier alpha value is -8.46. The quantitative estimate of drug-likeness (QED) is 0.0515. The summed E-state index contributed by atoms with van der Waals surface area (Å²) in [7, 11) is 0. The van der Waals surface area contributed by atoms with Gasteiger partial charge >= 0.3 is 0 Å². The number of benzene rings is 7. The van der Waals surface area contributed by atoms with E-state index < -0.39 is 0 Å². The van der Waals surface area contributed by atoms with Crippen molar-refractivity contribution in [3.63, 3.8) is 0 Å². The van der Waals surface area contributed by atoms with Gasteiger partial charge in [0.25, 0.3) is 23.6 Å². The number of fused-ring (bicyclic) bond motifs is 14. The van der Waals surface area contributed by atoms with Gasteiger partial charge in [0.05, 0.1) is 61.9 Å². The molecule has 4 heterocycles. The van der Waals surface area contributed by atoms with Crippen molar-refractivity contribution in [3.8, 4) is 34.5 Å². The molecule has 4 amide bonds. The fourth-order valence-electron chi connectivity index (χ4n) is 12.1. The van der Waals surface area contributed by atoms with Gasteiger partial charge in [-0.25, -0.2) is 0 Å². The van der Waals surface area contributed by atoms with Gasteiger partial charge in [0.1, 0.15) is 49.4 Å². The normalized spacial score (nSPS) is 15.8. The second-order valence-corrected chi connectivity index (χ2v) is 22.4. The topological polar surface area (TPSA) is 149 Å². The van der Waals surface area contributed by atoms with Crippen LogP contribution in [0.2, 0.25) is 0 Å². The lowest BCUT2D eigenvalue weighted by molar-refractivity contribution is 0.0630. The molecule has 86 heavy (non-hydrogen) atoms. The Morgan fingerprint density at radius 3 is 1.20 bits per heavy atom. The minimum absolute atomic E-state index is 0.206. The number of hydrogen-bond acceptors (Lipinski definition) is 12. The van der Waals surface area contributed by atoms with Crippen LogP contribution in [0, 0.1) is 5.92 Å². The first-order valence-corrected chi connectivity index (χ1v) is 30.6. The molecule has 446 valence electrons. The third-order valence-electron chi connectivity index (χ3n) is 16.5. The van der Waals surface area contributed by atoms with Crippen molar-refractivity contribution in [2.75, 3.05) is 79.2 Å². The van der Waals surface area contributed by atoms with Gasteiger partial charge in [-0.15, -0.1) is 0 Å². The van der Waals surface area contributed by atoms with E-state index in [1.165, 1.54) is 34.6 Å². The summed E-state index contributed by atoms with van der Waals surface area (Å²) in [5, 5.41) is 0. The Bertz CT molecular complexity index is 3310. The summed E-state index contributed by atoms with van der Waals surface area (Å²) >= 11 is 0. The summed E-state index contributed by atoms with van der Waals surface area (Å²) < 4.78 is 52.9. The molecule has 14 heteroatoms. The van der Waals surface area contributed by atoms with Gasteiger partial charge in [0, 0.05) is 38.8 Å². The van der Waals surface area contributed by atoms with E-state index in [0.29, 0.717) is 129 Å². The summed E-state index contributed by atoms with van der Waals surface area (Å²) in [5.41, 5.74) is 10.4. The molecule has 0 saturated heterocycles. The zero-order chi connectivity index (χ0) is 59.2. The molecule has 7 aromatic carbocycles. The molecule has 0 fully saturated rings. The highest BCUT2D eigenvalue weighted by atomic mass is 16.6. The number of rotatable bonds is 16. The maximum atomic E-state index is 13.4. The zero-order valence-corrected chi connectivity index (χ0v) is 49.4. The minimum atomic E-state index is -0.294. The fourth-order valence-corrected chi connectivity index (χ4v) is 12.1. The van der Waals surface area contributed by atoms with Crippen molar-refractivity contribution in [2.45, 2.75) is 84.5 Å². The number of hydrogen-bond donors (Lipinski definition) is 0. The molecule has 10 bridgehead atoms. The molecule has 12 rings (SSSR count). The van der Waals surface area contributed by atoms with Crippen LogP contribution in [0.15, 0.2) is 140 Å². The van der Waals surface area contributed by atoms with Crippen molar-refractivity contribution in [2.24, 2.45) is 5.92 Å². The number of amides is 4. The lowest BCUT2D eigenvalue weighted by Gasteiger charge is -2.23. The molecule has 14 nitrogen and oxygen atoms in total. The molecule has 1 aliphatic carbocycles. The average molecular weight is 1160 g/mol. The minimum Gasteiger partial charge on any atom is -0.493 e. The van der Waals surface area contributed by atoms with Gasteiger partial charge < -0.3 is 37.9 Å². The Morgan fingerprint density at radius 1 is 0.419 bits per heavy atom. The predicted molar refractivity (Wildman–Crippen MR) is 328 cm³/mol. The van der Waals surface area contributed by atoms with E-state index >= 15 is 0 Å². The van der Waals surface area contributed by atoms with Crippen molar-refractivity contribution in [1.82, 2.24) is 9.80 Å². The fraction of sp³-hybridized carbons (Fsp3) is 0.361. The summed E-state index contributed by atoms with van der Waals surface area (Å²) in [5.74, 6) is 3.62. The van der Waals surface area contributed by atoms with Crippen molar-refractivity contribution in [1.29, 1.82) is 0 Å². The van der Waals surface area contributed by atoms with Crippen LogP contribution < -0.4 is 28.4 Å². The van der Waals surface area contributed by atoms with Gasteiger partial charge in [0.2, 0.25) is 0 Å². The third kappa shape index (κ3) is 13.8. The van der Waals surface area contributed by atoms with E-state index in [4.69, 9.17) is 37.9 Å². The second-order valence-electron chi connectivity index (χ2n) is 22.4. The maximum absolute atomic E-state index is 13.4. The number of carbonyl (C=O) groups excluding carboxylic acids is 4. The van der Waals surface area contributed by atoms with E-state index in [9.17, 15) is 19.2 Å². The van der Waals surface area contributed by atoms with Crippen LogP contribution in [0.5, 0.6) is 34.5 Å². The number of imide groups is 2. The Balaban J connectivity index is 0.918. The molecule has 0 aromatic heterocycles. The molecular formula is C72H76N2O12. The molecule has 7 aromatic rings. The number of ether oxygens (including phenoxy) is 8. The molecular weight excluding hydrogens is 1080 g/mol. The smallest absolute Gasteiger partial charge is 0.261 e. The standard InChI is InChI=1S/C72H76N2O12/c1-3-5-16-49(4-2)43-50-29-30-63-64(44-50)82-40-36-80-38-42-86-68-57-23-13-24-58(68)48-54-20-11-18-52(66(54)84-34-15-32-74-71(77)61-27-8-9-28-62(61)72(74)78)46-56-22-12-21-55(67(56)85-41-37-79-35-39-81-63)45-51-17-10-19-53(47-57)65(51)83-33-14-31-73-69(75)59-25-6-7-26-60(59)70(73)76/h6-13,17-30,44,49H,3-5,14-16,31-43,45-48H2,1-2H3. The predicted octanol–water partition coefficient (Wildman–Crippen LogP) is 12.5. The highest BCUT2D eigenvalue weighted by molar-refractivity contribution is 6.22. The van der Waals surface area contributed by atoms with E-state index in [0.717, 1.165) is 68.8 Å². The first kappa shape index (κ1) is 59.3. The maximum Gasteiger partial charge on any atom is 0.261 e. The largest absolute Gasteiger partial charge is 0.493 e. The highest BCUT2D eigenvalue weighted by Gasteiger charge is 2.36. The van der Waals surface area contributed by atoms with Gasteiger partial charge in [-0.2, -0.15) is 0 Å². The first-order valence-electron chi connectivity index (χ1n) is 30.6. The van der Waals surface area contributed by atoms with E-state index in [1.807, 2.05) is 6.07 Å². The second kappa shape index (κ2) is 28.6. The lowest BCUT2D eigenvalue weighted by atomic mass is 9.91. The number of nitrogens with zero attached hydrogens (tertiary/aromatic N) is 2. The average Bonchev–Trinajstić information content (AvgIpc) is 3.48. The van der Waals surface area contributed by atoms with Gasteiger partial charge in [-0.1, -0.05) is 143 Å². The number of carbonyl (C=O) groups is 4. The molecule has 1 atom stereocenters. The van der Waals surface area contributed by atoms with Crippen LogP contribution >= 0.6 is 0 Å². The van der Waals surface area contributed by atoms with Crippen LogP contribution in [0.25, 0.3) is 0 Å². The highest BCUT2D eigenvalue weighted by Crippen LogP contribution is 2.40. The van der Waals surface area contributed by atoms with Crippen LogP contribution in [-0.2, 0) is 41.6 Å². The molecule has 0 saturated carbocycles. The van der Waals surface area contributed by atoms with Crippen LogP contribution in [0.3, 0.4) is 0 Å². The Labute approximate surface area is 504 Å². The SMILES string of the molecule is CCCCC(CC)Cc1ccc2c(c1)OCCOCCOc1c3cccc1Cc1cccc(c1OCCCN1C(=O)c4ccccc4C1=O)Cc1cccc(c1OCCOCCO2)Cc1cccc(c1OCCCN1C(=O)c2ccccc2C1=O)C3. The Kier molecular flexibility index (Phi) is 19.7. The van der Waals surface area contributed by atoms with E-state index in [2.05, 4.69) is 98.8 Å². The summed E-state index contributed by atoms with van der Waals surface area (Å²) in [6.07, 6.45) is 8.29. The monoisotopic (exact) mass is 1160 g/mol. The molecule has 4 aliphatic heterocycles. The Morgan fingerprint density at radius 2 is 0.802 bits per heavy atom. The lowest BCUT2D eigenvalue weighted by Crippen LogP contribution is -2.31. The van der Waals surface area contributed by atoms with Crippen LogP contribution in [0.4, 0.5) is 0 Å². The van der Waals surface area contributed by atoms with Crippen molar-refractivity contribution < 1.29 is 57.1 Å². The van der Waals surface area contributed by atoms with E-state index in [1.54, 1.807) is 48.5 Å². The molecule has 1 unspecified atom stereocenters. The van der Waals surface area contributed by atoms with Crippen molar-refractivity contribution >= 4 is 23.6 Å². The summed E-state index contributed by atoms with van der Waals surface area (Å²) in [6.45, 7) is 7.76. The number of para-hydroxylation sites is 4. The van der Waals surface area contributed by atoms with Crippen molar-refractivity contribution in [3.05, 3.63) is 212 Å². The van der Waals surface area contributed by atoms with Gasteiger partial charge in [-0.3, -0.25) is 29.0 Å². The molecule has 0 radical (unpaired) electrons. The van der Waals surface area contributed by atoms with Crippen LogP contribution in [0.1, 0.15) is 144 Å². The molecule has 0 spiro atoms.